The van der Waals surface area contributed by atoms with Crippen LogP contribution < -0.4 is 16.0 Å². The number of carbonyl (C=O) groups excluding carboxylic acids is 1. The molecule has 1 aromatic carbocycles. The van der Waals surface area contributed by atoms with Crippen LogP contribution in [0.25, 0.3) is 0 Å². The number of amides is 1. The Morgan fingerprint density at radius 3 is 2.59 bits per heavy atom. The fraction of sp³-hybridized carbons (Fsp3) is 0.500. The van der Waals surface area contributed by atoms with Crippen molar-refractivity contribution in [2.75, 3.05) is 31.5 Å². The first-order chi connectivity index (χ1) is 15.0. The van der Waals surface area contributed by atoms with Crippen molar-refractivity contribution in [3.63, 3.8) is 0 Å². The zero-order chi connectivity index (χ0) is 22.1. The third-order valence-electron chi connectivity index (χ3n) is 5.59. The van der Waals surface area contributed by atoms with E-state index in [9.17, 15) is 4.79 Å². The summed E-state index contributed by atoms with van der Waals surface area (Å²) in [5.74, 6) is 0.830. The third kappa shape index (κ3) is 7.81. The summed E-state index contributed by atoms with van der Waals surface area (Å²) in [5.41, 5.74) is 1.81. The zero-order valence-corrected chi connectivity index (χ0v) is 21.6. The number of hydrogen-bond donors (Lipinski definition) is 3. The predicted molar refractivity (Wildman–Crippen MR) is 141 cm³/mol. The lowest BCUT2D eigenvalue weighted by Gasteiger charge is -2.41. The summed E-state index contributed by atoms with van der Waals surface area (Å²) in [6, 6.07) is 11.1. The third-order valence-corrected chi connectivity index (χ3v) is 5.59. The van der Waals surface area contributed by atoms with E-state index < -0.39 is 0 Å². The molecule has 7 nitrogen and oxygen atoms in total. The number of guanidine groups is 1. The van der Waals surface area contributed by atoms with Crippen LogP contribution in [0, 0.1) is 0 Å². The number of nitrogens with zero attached hydrogens (tertiary/aromatic N) is 2. The number of nitrogens with one attached hydrogen (secondary N) is 3. The molecule has 0 radical (unpaired) electrons. The average Bonchev–Trinajstić information content (AvgIpc) is 3.32. The first-order valence-corrected chi connectivity index (χ1v) is 11.2. The number of benzene rings is 1. The Morgan fingerprint density at radius 2 is 1.91 bits per heavy atom. The normalized spacial score (nSPS) is 15.0. The van der Waals surface area contributed by atoms with E-state index in [2.05, 4.69) is 41.6 Å². The Balaban J connectivity index is 0.00000363. The number of hydrogen-bond acceptors (Lipinski definition) is 4. The van der Waals surface area contributed by atoms with Crippen molar-refractivity contribution in [2.45, 2.75) is 52.1 Å². The molecule has 0 spiro atoms. The van der Waals surface area contributed by atoms with E-state index in [4.69, 9.17) is 9.41 Å². The average molecular weight is 553 g/mol. The summed E-state index contributed by atoms with van der Waals surface area (Å²) in [6.45, 7) is 11.1. The van der Waals surface area contributed by atoms with E-state index in [0.717, 1.165) is 30.3 Å². The van der Waals surface area contributed by atoms with Gasteiger partial charge < -0.3 is 20.4 Å². The van der Waals surface area contributed by atoms with Crippen LogP contribution in [0.15, 0.2) is 52.1 Å². The van der Waals surface area contributed by atoms with E-state index in [1.54, 1.807) is 12.1 Å². The SMILES string of the molecule is CCNC(=NCc1cccc(NC(=O)c2ccco2)c1)NCC(C)(C)N1CCCCC1.I. The molecule has 1 saturated heterocycles. The van der Waals surface area contributed by atoms with Crippen molar-refractivity contribution < 1.29 is 9.21 Å². The van der Waals surface area contributed by atoms with Crippen molar-refractivity contribution in [2.24, 2.45) is 4.99 Å². The summed E-state index contributed by atoms with van der Waals surface area (Å²) in [6.07, 6.45) is 5.39. The first kappa shape index (κ1) is 26.2. The molecule has 0 atom stereocenters. The molecule has 2 heterocycles. The minimum atomic E-state index is -0.263. The van der Waals surface area contributed by atoms with Crippen molar-refractivity contribution in [3.05, 3.63) is 54.0 Å². The van der Waals surface area contributed by atoms with Gasteiger partial charge in [-0.2, -0.15) is 0 Å². The molecule has 3 rings (SSSR count). The fourth-order valence-corrected chi connectivity index (χ4v) is 3.77. The second-order valence-electron chi connectivity index (χ2n) is 8.54. The Labute approximate surface area is 208 Å². The van der Waals surface area contributed by atoms with E-state index in [-0.39, 0.29) is 35.4 Å². The lowest BCUT2D eigenvalue weighted by molar-refractivity contribution is 0.0982. The fourth-order valence-electron chi connectivity index (χ4n) is 3.77. The van der Waals surface area contributed by atoms with Gasteiger partial charge in [-0.15, -0.1) is 24.0 Å². The molecule has 0 unspecified atom stereocenters. The highest BCUT2D eigenvalue weighted by Gasteiger charge is 2.27. The minimum Gasteiger partial charge on any atom is -0.459 e. The second-order valence-corrected chi connectivity index (χ2v) is 8.54. The molecule has 2 aromatic rings. The summed E-state index contributed by atoms with van der Waals surface area (Å²) in [5, 5.41) is 9.70. The Hall–Kier alpha value is -2.07. The van der Waals surface area contributed by atoms with Gasteiger partial charge in [0.2, 0.25) is 0 Å². The number of likely N-dealkylation sites (tertiary alicyclic amines) is 1. The summed E-state index contributed by atoms with van der Waals surface area (Å²) in [4.78, 5) is 19.5. The van der Waals surface area contributed by atoms with Crippen LogP contribution in [0.2, 0.25) is 0 Å². The molecular weight excluding hydrogens is 517 g/mol. The van der Waals surface area contributed by atoms with Crippen molar-refractivity contribution in [1.82, 2.24) is 15.5 Å². The maximum atomic E-state index is 12.2. The molecule has 1 aromatic heterocycles. The molecule has 0 saturated carbocycles. The summed E-state index contributed by atoms with van der Waals surface area (Å²) < 4.78 is 5.15. The maximum absolute atomic E-state index is 12.2. The molecule has 1 aliphatic heterocycles. The highest BCUT2D eigenvalue weighted by Crippen LogP contribution is 2.20. The summed E-state index contributed by atoms with van der Waals surface area (Å²) >= 11 is 0. The van der Waals surface area contributed by atoms with E-state index in [1.807, 2.05) is 24.3 Å². The smallest absolute Gasteiger partial charge is 0.291 e. The highest BCUT2D eigenvalue weighted by molar-refractivity contribution is 14.0. The van der Waals surface area contributed by atoms with E-state index in [1.165, 1.54) is 38.6 Å². The van der Waals surface area contributed by atoms with Gasteiger partial charge in [-0.1, -0.05) is 18.6 Å². The topological polar surface area (TPSA) is 81.9 Å². The Morgan fingerprint density at radius 1 is 1.12 bits per heavy atom. The van der Waals surface area contributed by atoms with Crippen LogP contribution in [0.4, 0.5) is 5.69 Å². The van der Waals surface area contributed by atoms with Gasteiger partial charge in [0.05, 0.1) is 12.8 Å². The van der Waals surface area contributed by atoms with Gasteiger partial charge >= 0.3 is 0 Å². The van der Waals surface area contributed by atoms with Gasteiger partial charge in [0.1, 0.15) is 0 Å². The van der Waals surface area contributed by atoms with Gasteiger partial charge in [-0.25, -0.2) is 4.99 Å². The lowest BCUT2D eigenvalue weighted by atomic mass is 9.98. The molecule has 0 aliphatic carbocycles. The van der Waals surface area contributed by atoms with Gasteiger partial charge in [0.15, 0.2) is 11.7 Å². The number of aliphatic imine (C=N–C) groups is 1. The van der Waals surface area contributed by atoms with Gasteiger partial charge in [0, 0.05) is 24.3 Å². The number of halogens is 1. The lowest BCUT2D eigenvalue weighted by Crippen LogP contribution is -2.54. The number of furan rings is 1. The Bertz CT molecular complexity index is 861. The quantitative estimate of drug-likeness (QED) is 0.256. The zero-order valence-electron chi connectivity index (χ0n) is 19.3. The second kappa shape index (κ2) is 12.8. The minimum absolute atomic E-state index is 0. The number of anilines is 1. The number of piperidine rings is 1. The molecule has 0 bridgehead atoms. The molecule has 3 N–H and O–H groups in total. The largest absolute Gasteiger partial charge is 0.459 e. The van der Waals surface area contributed by atoms with Gasteiger partial charge in [0.25, 0.3) is 5.91 Å². The van der Waals surface area contributed by atoms with Crippen LogP contribution in [0.3, 0.4) is 0 Å². The van der Waals surface area contributed by atoms with Gasteiger partial charge in [-0.3, -0.25) is 9.69 Å². The standard InChI is InChI=1S/C24H35N5O2.HI/c1-4-25-23(27-18-24(2,3)29-13-6-5-7-14-29)26-17-19-10-8-11-20(16-19)28-22(30)21-12-9-15-31-21;/h8-12,15-16H,4-7,13-14,17-18H2,1-3H3,(H,28,30)(H2,25,26,27);1H. The highest BCUT2D eigenvalue weighted by atomic mass is 127. The predicted octanol–water partition coefficient (Wildman–Crippen LogP) is 4.47. The molecular formula is C24H36IN5O2. The van der Waals surface area contributed by atoms with Crippen LogP contribution in [-0.2, 0) is 6.54 Å². The van der Waals surface area contributed by atoms with Crippen molar-refractivity contribution in [3.8, 4) is 0 Å². The van der Waals surface area contributed by atoms with E-state index in [0.29, 0.717) is 12.3 Å². The Kier molecular flexibility index (Phi) is 10.5. The van der Waals surface area contributed by atoms with Crippen molar-refractivity contribution in [1.29, 1.82) is 0 Å². The van der Waals surface area contributed by atoms with Crippen LogP contribution in [-0.4, -0.2) is 48.5 Å². The molecule has 1 aliphatic rings. The van der Waals surface area contributed by atoms with Crippen molar-refractivity contribution >= 4 is 41.5 Å². The summed E-state index contributed by atoms with van der Waals surface area (Å²) in [7, 11) is 0. The molecule has 8 heteroatoms. The molecule has 176 valence electrons. The van der Waals surface area contributed by atoms with Crippen LogP contribution in [0.5, 0.6) is 0 Å². The molecule has 32 heavy (non-hydrogen) atoms. The first-order valence-electron chi connectivity index (χ1n) is 11.2. The maximum Gasteiger partial charge on any atom is 0.291 e. The van der Waals surface area contributed by atoms with Crippen LogP contribution in [0.1, 0.15) is 56.2 Å². The molecule has 1 fully saturated rings. The number of carbonyl (C=O) groups is 1. The van der Waals surface area contributed by atoms with Gasteiger partial charge in [-0.05, 0) is 76.5 Å². The van der Waals surface area contributed by atoms with Crippen LogP contribution >= 0.6 is 24.0 Å². The molecule has 1 amide bonds. The van der Waals surface area contributed by atoms with E-state index >= 15 is 0 Å². The number of rotatable bonds is 8. The monoisotopic (exact) mass is 553 g/mol.